The summed E-state index contributed by atoms with van der Waals surface area (Å²) in [4.78, 5) is 0. The maximum Gasteiger partial charge on any atom is 0.132 e. The Bertz CT molecular complexity index is 466. The molecule has 0 saturated heterocycles. The number of rotatable bonds is 3. The Hall–Kier alpha value is -0.960. The van der Waals surface area contributed by atoms with Crippen LogP contribution in [0.3, 0.4) is 0 Å². The van der Waals surface area contributed by atoms with Crippen LogP contribution >= 0.6 is 23.2 Å². The molecular formula is C12H10Cl2O2. The molecule has 0 radical (unpaired) electrons. The van der Waals surface area contributed by atoms with E-state index >= 15 is 0 Å². The first-order valence-corrected chi connectivity index (χ1v) is 5.58. The molecule has 84 valence electrons. The van der Waals surface area contributed by atoms with Gasteiger partial charge in [0.1, 0.15) is 11.9 Å². The first kappa shape index (κ1) is 11.5. The van der Waals surface area contributed by atoms with Crippen molar-refractivity contribution in [2.45, 2.75) is 12.5 Å². The van der Waals surface area contributed by atoms with Crippen molar-refractivity contribution >= 4 is 23.2 Å². The van der Waals surface area contributed by atoms with E-state index in [1.807, 2.05) is 0 Å². The smallest absolute Gasteiger partial charge is 0.132 e. The second kappa shape index (κ2) is 4.91. The lowest BCUT2D eigenvalue weighted by atomic mass is 10.1. The predicted molar refractivity (Wildman–Crippen MR) is 63.8 cm³/mol. The van der Waals surface area contributed by atoms with Crippen LogP contribution in [0.5, 0.6) is 0 Å². The van der Waals surface area contributed by atoms with Gasteiger partial charge in [-0.2, -0.15) is 0 Å². The highest BCUT2D eigenvalue weighted by Crippen LogP contribution is 2.26. The van der Waals surface area contributed by atoms with Gasteiger partial charge in [-0.25, -0.2) is 0 Å². The SMILES string of the molecule is OC(Cc1cc(Cl)ccc1Cl)c1ccco1. The minimum Gasteiger partial charge on any atom is -0.467 e. The highest BCUT2D eigenvalue weighted by molar-refractivity contribution is 6.33. The van der Waals surface area contributed by atoms with E-state index in [2.05, 4.69) is 0 Å². The summed E-state index contributed by atoms with van der Waals surface area (Å²) >= 11 is 11.9. The summed E-state index contributed by atoms with van der Waals surface area (Å²) in [6.07, 6.45) is 1.20. The van der Waals surface area contributed by atoms with E-state index in [9.17, 15) is 5.11 Å². The zero-order chi connectivity index (χ0) is 11.5. The largest absolute Gasteiger partial charge is 0.467 e. The Balaban J connectivity index is 2.17. The Kier molecular flexibility index (Phi) is 3.54. The molecule has 2 nitrogen and oxygen atoms in total. The van der Waals surface area contributed by atoms with Gasteiger partial charge in [0.2, 0.25) is 0 Å². The number of furan rings is 1. The van der Waals surface area contributed by atoms with Crippen LogP contribution in [0.15, 0.2) is 41.0 Å². The van der Waals surface area contributed by atoms with Gasteiger partial charge in [-0.3, -0.25) is 0 Å². The van der Waals surface area contributed by atoms with Gasteiger partial charge in [0.15, 0.2) is 0 Å². The highest BCUT2D eigenvalue weighted by atomic mass is 35.5. The fourth-order valence-corrected chi connectivity index (χ4v) is 1.88. The number of halogens is 2. The van der Waals surface area contributed by atoms with Crippen molar-refractivity contribution in [2.75, 3.05) is 0 Å². The molecule has 1 heterocycles. The third kappa shape index (κ3) is 2.59. The van der Waals surface area contributed by atoms with Crippen LogP contribution in [0.1, 0.15) is 17.4 Å². The average Bonchev–Trinajstić information content (AvgIpc) is 2.76. The Morgan fingerprint density at radius 3 is 2.75 bits per heavy atom. The van der Waals surface area contributed by atoms with Crippen molar-refractivity contribution < 1.29 is 9.52 Å². The van der Waals surface area contributed by atoms with E-state index in [1.165, 1.54) is 6.26 Å². The predicted octanol–water partition coefficient (Wildman–Crippen LogP) is 3.86. The second-order valence-electron chi connectivity index (χ2n) is 3.47. The molecule has 1 aromatic heterocycles. The number of aliphatic hydroxyl groups excluding tert-OH is 1. The van der Waals surface area contributed by atoms with E-state index < -0.39 is 6.10 Å². The van der Waals surface area contributed by atoms with E-state index in [4.69, 9.17) is 27.6 Å². The van der Waals surface area contributed by atoms with E-state index in [0.717, 1.165) is 5.56 Å². The molecule has 0 spiro atoms. The molecule has 1 unspecified atom stereocenters. The van der Waals surface area contributed by atoms with Crippen LogP contribution in [0.4, 0.5) is 0 Å². The van der Waals surface area contributed by atoms with Crippen molar-refractivity contribution in [2.24, 2.45) is 0 Å². The number of aliphatic hydroxyl groups is 1. The molecule has 1 atom stereocenters. The molecule has 4 heteroatoms. The molecule has 0 bridgehead atoms. The van der Waals surface area contributed by atoms with Crippen LogP contribution in [0, 0.1) is 0 Å². The van der Waals surface area contributed by atoms with Gasteiger partial charge in [-0.1, -0.05) is 23.2 Å². The van der Waals surface area contributed by atoms with Crippen molar-refractivity contribution in [3.8, 4) is 0 Å². The summed E-state index contributed by atoms with van der Waals surface area (Å²) in [6, 6.07) is 8.64. The normalized spacial score (nSPS) is 12.7. The maximum atomic E-state index is 9.88. The van der Waals surface area contributed by atoms with Crippen LogP contribution in [-0.2, 0) is 6.42 Å². The summed E-state index contributed by atoms with van der Waals surface area (Å²) in [7, 11) is 0. The minimum absolute atomic E-state index is 0.382. The molecule has 0 saturated carbocycles. The standard InChI is InChI=1S/C12H10Cl2O2/c13-9-3-4-10(14)8(6-9)7-11(15)12-2-1-5-16-12/h1-6,11,15H,7H2. The van der Waals surface area contributed by atoms with Gasteiger partial charge in [0, 0.05) is 16.5 Å². The monoisotopic (exact) mass is 256 g/mol. The second-order valence-corrected chi connectivity index (χ2v) is 4.31. The molecule has 2 aromatic rings. The Morgan fingerprint density at radius 2 is 2.06 bits per heavy atom. The Labute approximate surface area is 103 Å². The molecule has 1 aromatic carbocycles. The van der Waals surface area contributed by atoms with Crippen LogP contribution in [-0.4, -0.2) is 5.11 Å². The number of hydrogen-bond donors (Lipinski definition) is 1. The molecule has 0 fully saturated rings. The van der Waals surface area contributed by atoms with E-state index in [0.29, 0.717) is 22.2 Å². The lowest BCUT2D eigenvalue weighted by Crippen LogP contribution is -2.00. The molecule has 0 aliphatic heterocycles. The van der Waals surface area contributed by atoms with Gasteiger partial charge in [0.05, 0.1) is 6.26 Å². The van der Waals surface area contributed by atoms with Crippen LogP contribution in [0.2, 0.25) is 10.0 Å². The third-order valence-corrected chi connectivity index (χ3v) is 2.90. The topological polar surface area (TPSA) is 33.4 Å². The summed E-state index contributed by atoms with van der Waals surface area (Å²) < 4.78 is 5.11. The van der Waals surface area contributed by atoms with Crippen molar-refractivity contribution in [1.29, 1.82) is 0 Å². The molecule has 2 rings (SSSR count). The zero-order valence-electron chi connectivity index (χ0n) is 8.36. The van der Waals surface area contributed by atoms with Crippen LogP contribution < -0.4 is 0 Å². The lowest BCUT2D eigenvalue weighted by Gasteiger charge is -2.09. The summed E-state index contributed by atoms with van der Waals surface area (Å²) in [5.74, 6) is 0.524. The number of benzene rings is 1. The fourth-order valence-electron chi connectivity index (χ4n) is 1.49. The molecule has 0 aliphatic rings. The van der Waals surface area contributed by atoms with Gasteiger partial charge in [0.25, 0.3) is 0 Å². The summed E-state index contributed by atoms with van der Waals surface area (Å²) in [5, 5.41) is 11.1. The summed E-state index contributed by atoms with van der Waals surface area (Å²) in [6.45, 7) is 0. The van der Waals surface area contributed by atoms with Gasteiger partial charge in [-0.05, 0) is 35.9 Å². The fraction of sp³-hybridized carbons (Fsp3) is 0.167. The van der Waals surface area contributed by atoms with Gasteiger partial charge < -0.3 is 9.52 Å². The van der Waals surface area contributed by atoms with Gasteiger partial charge >= 0.3 is 0 Å². The molecule has 1 N–H and O–H groups in total. The molecule has 0 amide bonds. The zero-order valence-corrected chi connectivity index (χ0v) is 9.87. The third-order valence-electron chi connectivity index (χ3n) is 2.29. The Morgan fingerprint density at radius 1 is 1.25 bits per heavy atom. The minimum atomic E-state index is -0.703. The molecule has 0 aliphatic carbocycles. The van der Waals surface area contributed by atoms with Crippen molar-refractivity contribution in [1.82, 2.24) is 0 Å². The van der Waals surface area contributed by atoms with Crippen LogP contribution in [0.25, 0.3) is 0 Å². The number of hydrogen-bond acceptors (Lipinski definition) is 2. The molecular weight excluding hydrogens is 247 g/mol. The van der Waals surface area contributed by atoms with E-state index in [1.54, 1.807) is 30.3 Å². The summed E-state index contributed by atoms with van der Waals surface area (Å²) in [5.41, 5.74) is 0.804. The average molecular weight is 257 g/mol. The first-order chi connectivity index (χ1) is 7.66. The van der Waals surface area contributed by atoms with Crippen molar-refractivity contribution in [3.05, 3.63) is 58.0 Å². The van der Waals surface area contributed by atoms with E-state index in [-0.39, 0.29) is 0 Å². The first-order valence-electron chi connectivity index (χ1n) is 4.82. The highest BCUT2D eigenvalue weighted by Gasteiger charge is 2.13. The lowest BCUT2D eigenvalue weighted by molar-refractivity contribution is 0.150. The van der Waals surface area contributed by atoms with Gasteiger partial charge in [-0.15, -0.1) is 0 Å². The maximum absolute atomic E-state index is 9.88. The quantitative estimate of drug-likeness (QED) is 0.905. The van der Waals surface area contributed by atoms with Crippen molar-refractivity contribution in [3.63, 3.8) is 0 Å². The molecule has 16 heavy (non-hydrogen) atoms.